The van der Waals surface area contributed by atoms with Gasteiger partial charge >= 0.3 is 0 Å². The van der Waals surface area contributed by atoms with E-state index in [0.29, 0.717) is 36.9 Å². The highest BCUT2D eigenvalue weighted by Crippen LogP contribution is 2.31. The minimum atomic E-state index is -0.602. The van der Waals surface area contributed by atoms with Gasteiger partial charge in [-0.1, -0.05) is 49.4 Å². The Kier molecular flexibility index (Phi) is 7.11. The number of phenols is 1. The van der Waals surface area contributed by atoms with Gasteiger partial charge in [-0.3, -0.25) is 14.4 Å². The quantitative estimate of drug-likeness (QED) is 0.503. The third kappa shape index (κ3) is 4.88. The average Bonchev–Trinajstić information content (AvgIpc) is 3.36. The van der Waals surface area contributed by atoms with Gasteiger partial charge in [0.1, 0.15) is 11.8 Å². The smallest absolute Gasteiger partial charge is 0.258 e. The first kappa shape index (κ1) is 23.3. The molecule has 176 valence electrons. The summed E-state index contributed by atoms with van der Waals surface area (Å²) in [6.45, 7) is 3.31. The molecule has 1 aliphatic heterocycles. The first-order valence-corrected chi connectivity index (χ1v) is 11.7. The normalized spacial score (nSPS) is 15.3. The molecule has 7 nitrogen and oxygen atoms in total. The Morgan fingerprint density at radius 2 is 1.85 bits per heavy atom. The van der Waals surface area contributed by atoms with Gasteiger partial charge in [0.15, 0.2) is 0 Å². The van der Waals surface area contributed by atoms with Crippen LogP contribution >= 0.6 is 0 Å². The lowest BCUT2D eigenvalue weighted by atomic mass is 10.0. The van der Waals surface area contributed by atoms with E-state index in [1.807, 2.05) is 31.2 Å². The fraction of sp³-hybridized carbons (Fsp3) is 0.296. The number of hydrogen-bond acceptors (Lipinski definition) is 4. The Morgan fingerprint density at radius 1 is 1.03 bits per heavy atom. The van der Waals surface area contributed by atoms with Crippen LogP contribution in [0.15, 0.2) is 60.7 Å². The van der Waals surface area contributed by atoms with Gasteiger partial charge in [0, 0.05) is 30.6 Å². The van der Waals surface area contributed by atoms with Gasteiger partial charge in [0.25, 0.3) is 11.8 Å². The lowest BCUT2D eigenvalue weighted by Gasteiger charge is -2.24. The first-order valence-electron chi connectivity index (χ1n) is 11.7. The molecular formula is C27H29N3O4. The molecular weight excluding hydrogens is 430 g/mol. The van der Waals surface area contributed by atoms with Gasteiger partial charge in [0.05, 0.1) is 5.56 Å². The zero-order chi connectivity index (χ0) is 24.1. The molecule has 0 aromatic heterocycles. The fourth-order valence-electron chi connectivity index (χ4n) is 4.33. The summed E-state index contributed by atoms with van der Waals surface area (Å²) in [5, 5.41) is 17.9. The molecule has 34 heavy (non-hydrogen) atoms. The van der Waals surface area contributed by atoms with Crippen LogP contribution in [0.2, 0.25) is 0 Å². The third-order valence-corrected chi connectivity index (χ3v) is 6.14. The van der Waals surface area contributed by atoms with Gasteiger partial charge in [-0.05, 0) is 48.4 Å². The van der Waals surface area contributed by atoms with E-state index in [4.69, 9.17) is 0 Å². The molecule has 0 saturated carbocycles. The number of phenolic OH excluding ortho intramolecular Hbond substituents is 1. The average molecular weight is 460 g/mol. The predicted octanol–water partition coefficient (Wildman–Crippen LogP) is 3.61. The van der Waals surface area contributed by atoms with Gasteiger partial charge in [-0.25, -0.2) is 0 Å². The van der Waals surface area contributed by atoms with Gasteiger partial charge in [-0.2, -0.15) is 0 Å². The van der Waals surface area contributed by atoms with Crippen molar-refractivity contribution in [3.8, 4) is 5.75 Å². The molecule has 1 heterocycles. The number of hydrogen-bond donors (Lipinski definition) is 3. The molecule has 1 atom stereocenters. The van der Waals surface area contributed by atoms with Gasteiger partial charge in [0.2, 0.25) is 5.91 Å². The topological polar surface area (TPSA) is 98.7 Å². The Balaban J connectivity index is 1.44. The molecule has 1 saturated heterocycles. The number of aromatic hydroxyl groups is 1. The number of nitrogens with zero attached hydrogens (tertiary/aromatic N) is 1. The molecule has 4 rings (SSSR count). The molecule has 0 spiro atoms. The second-order valence-electron chi connectivity index (χ2n) is 8.51. The second kappa shape index (κ2) is 10.4. The van der Waals surface area contributed by atoms with Crippen LogP contribution in [0, 0.1) is 0 Å². The number of amides is 3. The number of fused-ring (bicyclic) bond motifs is 1. The van der Waals surface area contributed by atoms with E-state index >= 15 is 0 Å². The van der Waals surface area contributed by atoms with Crippen LogP contribution in [0.25, 0.3) is 10.8 Å². The number of benzene rings is 3. The van der Waals surface area contributed by atoms with Crippen molar-refractivity contribution in [3.63, 3.8) is 0 Å². The molecule has 3 N–H and O–H groups in total. The number of nitrogens with one attached hydrogen (secondary N) is 2. The maximum Gasteiger partial charge on any atom is 0.258 e. The summed E-state index contributed by atoms with van der Waals surface area (Å²) < 4.78 is 0. The SMILES string of the molecule is CCCNC(=O)c1cccc(CNC(=O)C2CCCN2C(=O)c2ccc3ccccc3c2O)c1. The number of carbonyl (C=O) groups excluding carboxylic acids is 3. The van der Waals surface area contributed by atoms with Crippen molar-refractivity contribution in [3.05, 3.63) is 77.4 Å². The Morgan fingerprint density at radius 3 is 2.68 bits per heavy atom. The van der Waals surface area contributed by atoms with Crippen molar-refractivity contribution in [1.29, 1.82) is 0 Å². The van der Waals surface area contributed by atoms with Crippen LogP contribution < -0.4 is 10.6 Å². The molecule has 3 amide bonds. The van der Waals surface area contributed by atoms with Crippen molar-refractivity contribution in [2.24, 2.45) is 0 Å². The van der Waals surface area contributed by atoms with E-state index in [2.05, 4.69) is 10.6 Å². The number of carbonyl (C=O) groups is 3. The summed E-state index contributed by atoms with van der Waals surface area (Å²) in [5.74, 6) is -0.799. The highest BCUT2D eigenvalue weighted by Gasteiger charge is 2.35. The molecule has 1 fully saturated rings. The van der Waals surface area contributed by atoms with Crippen molar-refractivity contribution in [1.82, 2.24) is 15.5 Å². The molecule has 0 bridgehead atoms. The van der Waals surface area contributed by atoms with Crippen LogP contribution in [-0.4, -0.2) is 46.9 Å². The van der Waals surface area contributed by atoms with Crippen LogP contribution in [0.1, 0.15) is 52.5 Å². The van der Waals surface area contributed by atoms with Gasteiger partial charge < -0.3 is 20.6 Å². The minimum absolute atomic E-state index is 0.0627. The molecule has 0 aliphatic carbocycles. The van der Waals surface area contributed by atoms with E-state index in [1.165, 1.54) is 4.90 Å². The summed E-state index contributed by atoms with van der Waals surface area (Å²) in [7, 11) is 0. The fourth-order valence-corrected chi connectivity index (χ4v) is 4.33. The second-order valence-corrected chi connectivity index (χ2v) is 8.51. The largest absolute Gasteiger partial charge is 0.506 e. The van der Waals surface area contributed by atoms with Crippen molar-refractivity contribution >= 4 is 28.5 Å². The molecule has 7 heteroatoms. The molecule has 3 aromatic rings. The zero-order valence-electron chi connectivity index (χ0n) is 19.2. The Bertz CT molecular complexity index is 1220. The lowest BCUT2D eigenvalue weighted by molar-refractivity contribution is -0.125. The zero-order valence-corrected chi connectivity index (χ0v) is 19.2. The number of rotatable bonds is 7. The predicted molar refractivity (Wildman–Crippen MR) is 131 cm³/mol. The van der Waals surface area contributed by atoms with Crippen molar-refractivity contribution < 1.29 is 19.5 Å². The standard InChI is InChI=1S/C27H29N3O4/c1-2-14-28-25(32)20-9-5-7-18(16-20)17-29-26(33)23-11-6-15-30(23)27(34)22-13-12-19-8-3-4-10-21(19)24(22)31/h3-5,7-10,12-13,16,23,31H,2,6,11,14-15,17H2,1H3,(H,28,32)(H,29,33). The Labute approximate surface area is 198 Å². The first-order chi connectivity index (χ1) is 16.5. The molecule has 0 radical (unpaired) electrons. The van der Waals surface area contributed by atoms with E-state index in [9.17, 15) is 19.5 Å². The monoisotopic (exact) mass is 459 g/mol. The Hall–Kier alpha value is -3.87. The summed E-state index contributed by atoms with van der Waals surface area (Å²) in [4.78, 5) is 40.0. The van der Waals surface area contributed by atoms with E-state index < -0.39 is 6.04 Å². The maximum absolute atomic E-state index is 13.2. The molecule has 1 unspecified atom stereocenters. The summed E-state index contributed by atoms with van der Waals surface area (Å²) in [6.07, 6.45) is 2.13. The van der Waals surface area contributed by atoms with Crippen LogP contribution in [0.3, 0.4) is 0 Å². The summed E-state index contributed by atoms with van der Waals surface area (Å²) in [5.41, 5.74) is 1.55. The van der Waals surface area contributed by atoms with Gasteiger partial charge in [-0.15, -0.1) is 0 Å². The van der Waals surface area contributed by atoms with Crippen molar-refractivity contribution in [2.75, 3.05) is 13.1 Å². The third-order valence-electron chi connectivity index (χ3n) is 6.14. The van der Waals surface area contributed by atoms with Crippen LogP contribution in [0.5, 0.6) is 5.75 Å². The molecule has 1 aliphatic rings. The highest BCUT2D eigenvalue weighted by molar-refractivity contribution is 6.05. The maximum atomic E-state index is 13.2. The van der Waals surface area contributed by atoms with E-state index in [-0.39, 0.29) is 35.6 Å². The number of likely N-dealkylation sites (tertiary alicyclic amines) is 1. The minimum Gasteiger partial charge on any atom is -0.506 e. The summed E-state index contributed by atoms with van der Waals surface area (Å²) in [6, 6.07) is 17.3. The lowest BCUT2D eigenvalue weighted by Crippen LogP contribution is -2.45. The summed E-state index contributed by atoms with van der Waals surface area (Å²) >= 11 is 0. The molecule has 3 aromatic carbocycles. The van der Waals surface area contributed by atoms with E-state index in [0.717, 1.165) is 17.4 Å². The van der Waals surface area contributed by atoms with Crippen molar-refractivity contribution in [2.45, 2.75) is 38.8 Å². The van der Waals surface area contributed by atoms with Crippen LogP contribution in [0.4, 0.5) is 0 Å². The van der Waals surface area contributed by atoms with Crippen LogP contribution in [-0.2, 0) is 11.3 Å². The van der Waals surface area contributed by atoms with E-state index in [1.54, 1.807) is 36.4 Å². The highest BCUT2D eigenvalue weighted by atomic mass is 16.3.